The Morgan fingerprint density at radius 2 is 1.78 bits per heavy atom. The van der Waals surface area contributed by atoms with E-state index in [1.807, 2.05) is 24.3 Å². The van der Waals surface area contributed by atoms with Crippen molar-refractivity contribution < 1.29 is 9.18 Å². The van der Waals surface area contributed by atoms with Crippen LogP contribution in [0.4, 0.5) is 15.9 Å². The third-order valence-electron chi connectivity index (χ3n) is 5.24. The number of rotatable bonds is 5. The SMILES string of the molecule is CCc1ccc(-c2c(C#N)c(N)nc3sc(C(=O)NCc4ccc(F)cc4)c(N)c23)cc1. The largest absolute Gasteiger partial charge is 0.397 e. The number of anilines is 2. The van der Waals surface area contributed by atoms with Crippen molar-refractivity contribution in [3.63, 3.8) is 0 Å². The molecule has 32 heavy (non-hydrogen) atoms. The van der Waals surface area contributed by atoms with E-state index in [2.05, 4.69) is 23.3 Å². The first-order valence-electron chi connectivity index (χ1n) is 9.96. The summed E-state index contributed by atoms with van der Waals surface area (Å²) >= 11 is 1.12. The van der Waals surface area contributed by atoms with E-state index in [0.717, 1.165) is 34.4 Å². The van der Waals surface area contributed by atoms with Crippen LogP contribution < -0.4 is 16.8 Å². The van der Waals surface area contributed by atoms with Crippen LogP contribution in [0.3, 0.4) is 0 Å². The summed E-state index contributed by atoms with van der Waals surface area (Å²) in [6, 6.07) is 15.8. The molecule has 0 saturated heterocycles. The van der Waals surface area contributed by atoms with Crippen LogP contribution in [0.2, 0.25) is 0 Å². The lowest BCUT2D eigenvalue weighted by Gasteiger charge is -2.10. The summed E-state index contributed by atoms with van der Waals surface area (Å²) in [4.78, 5) is 18.0. The van der Waals surface area contributed by atoms with Crippen LogP contribution in [0.1, 0.15) is 33.3 Å². The minimum Gasteiger partial charge on any atom is -0.397 e. The van der Waals surface area contributed by atoms with Gasteiger partial charge in [-0.2, -0.15) is 5.26 Å². The van der Waals surface area contributed by atoms with E-state index in [4.69, 9.17) is 11.5 Å². The Morgan fingerprint density at radius 1 is 1.12 bits per heavy atom. The number of nitriles is 1. The molecule has 4 rings (SSSR count). The number of pyridine rings is 1. The van der Waals surface area contributed by atoms with E-state index in [9.17, 15) is 14.4 Å². The molecule has 1 amide bonds. The Kier molecular flexibility index (Phi) is 5.75. The number of hydrogen-bond acceptors (Lipinski definition) is 6. The van der Waals surface area contributed by atoms with Crippen molar-refractivity contribution >= 4 is 39.0 Å². The van der Waals surface area contributed by atoms with Crippen LogP contribution in [0.15, 0.2) is 48.5 Å². The molecule has 0 bridgehead atoms. The van der Waals surface area contributed by atoms with Crippen LogP contribution >= 0.6 is 11.3 Å². The van der Waals surface area contributed by atoms with E-state index in [0.29, 0.717) is 15.8 Å². The van der Waals surface area contributed by atoms with Gasteiger partial charge in [-0.05, 0) is 35.2 Å². The molecule has 2 heterocycles. The molecule has 0 radical (unpaired) electrons. The van der Waals surface area contributed by atoms with Crippen molar-refractivity contribution in [3.05, 3.63) is 75.9 Å². The average molecular weight is 446 g/mol. The Morgan fingerprint density at radius 3 is 2.41 bits per heavy atom. The van der Waals surface area contributed by atoms with E-state index in [-0.39, 0.29) is 40.2 Å². The number of carbonyl (C=O) groups excluding carboxylic acids is 1. The number of halogens is 1. The number of fused-ring (bicyclic) bond motifs is 1. The molecule has 2 aromatic carbocycles. The van der Waals surface area contributed by atoms with Gasteiger partial charge in [0.1, 0.15) is 33.0 Å². The zero-order valence-electron chi connectivity index (χ0n) is 17.3. The quantitative estimate of drug-likeness (QED) is 0.414. The maximum Gasteiger partial charge on any atom is 0.263 e. The Balaban J connectivity index is 1.77. The van der Waals surface area contributed by atoms with Gasteiger partial charge in [0, 0.05) is 17.5 Å². The fourth-order valence-electron chi connectivity index (χ4n) is 3.51. The Bertz CT molecular complexity index is 1350. The van der Waals surface area contributed by atoms with Crippen molar-refractivity contribution in [3.8, 4) is 17.2 Å². The molecule has 6 nitrogen and oxygen atoms in total. The van der Waals surface area contributed by atoms with E-state index >= 15 is 0 Å². The van der Waals surface area contributed by atoms with Crippen LogP contribution in [-0.4, -0.2) is 10.9 Å². The van der Waals surface area contributed by atoms with Gasteiger partial charge in [0.25, 0.3) is 5.91 Å². The average Bonchev–Trinajstić information content (AvgIpc) is 3.13. The highest BCUT2D eigenvalue weighted by Gasteiger charge is 2.24. The zero-order chi connectivity index (χ0) is 22.8. The standard InChI is InChI=1S/C24H20FN5OS/c1-2-13-3-7-15(8-4-13)18-17(11-26)22(28)30-24-19(18)20(27)21(32-24)23(31)29-12-14-5-9-16(25)10-6-14/h3-10H,2,12,27H2,1H3,(H2,28,30)(H,29,31). The number of hydrogen-bond donors (Lipinski definition) is 3. The first-order valence-corrected chi connectivity index (χ1v) is 10.8. The number of thiophene rings is 1. The lowest BCUT2D eigenvalue weighted by molar-refractivity contribution is 0.0956. The van der Waals surface area contributed by atoms with Gasteiger partial charge in [0.05, 0.1) is 5.69 Å². The lowest BCUT2D eigenvalue weighted by atomic mass is 9.96. The molecule has 5 N–H and O–H groups in total. The summed E-state index contributed by atoms with van der Waals surface area (Å²) in [7, 11) is 0. The lowest BCUT2D eigenvalue weighted by Crippen LogP contribution is -2.22. The Hall–Kier alpha value is -3.96. The van der Waals surface area contributed by atoms with Gasteiger partial charge >= 0.3 is 0 Å². The van der Waals surface area contributed by atoms with Gasteiger partial charge in [0.2, 0.25) is 0 Å². The Labute approximate surface area is 188 Å². The minimum atomic E-state index is -0.376. The van der Waals surface area contributed by atoms with Gasteiger partial charge < -0.3 is 16.8 Å². The first-order chi connectivity index (χ1) is 15.4. The normalized spacial score (nSPS) is 10.8. The second kappa shape index (κ2) is 8.65. The maximum atomic E-state index is 13.1. The molecule has 0 aliphatic heterocycles. The predicted octanol–water partition coefficient (Wildman–Crippen LogP) is 4.63. The third-order valence-corrected chi connectivity index (χ3v) is 6.34. The number of nitrogens with two attached hydrogens (primary N) is 2. The molecule has 0 unspecified atom stereocenters. The molecule has 0 aliphatic rings. The monoisotopic (exact) mass is 445 g/mol. The maximum absolute atomic E-state index is 13.1. The summed E-state index contributed by atoms with van der Waals surface area (Å²) in [5.41, 5.74) is 16.2. The van der Waals surface area contributed by atoms with Gasteiger partial charge in [-0.3, -0.25) is 4.79 Å². The summed E-state index contributed by atoms with van der Waals surface area (Å²) in [5.74, 6) is -0.626. The molecular weight excluding hydrogens is 425 g/mol. The van der Waals surface area contributed by atoms with E-state index < -0.39 is 0 Å². The fraction of sp³-hybridized carbons (Fsp3) is 0.125. The number of nitrogens with zero attached hydrogens (tertiary/aromatic N) is 2. The second-order valence-electron chi connectivity index (χ2n) is 7.24. The van der Waals surface area contributed by atoms with Gasteiger partial charge in [-0.1, -0.05) is 43.3 Å². The summed E-state index contributed by atoms with van der Waals surface area (Å²) in [6.45, 7) is 2.28. The topological polar surface area (TPSA) is 118 Å². The minimum absolute atomic E-state index is 0.0917. The number of aromatic nitrogens is 1. The summed E-state index contributed by atoms with van der Waals surface area (Å²) in [6.07, 6.45) is 0.887. The summed E-state index contributed by atoms with van der Waals surface area (Å²) < 4.78 is 13.1. The number of benzene rings is 2. The fourth-order valence-corrected chi connectivity index (χ4v) is 4.54. The number of nitrogens with one attached hydrogen (secondary N) is 1. The first kappa shape index (κ1) is 21.3. The molecule has 0 saturated carbocycles. The smallest absolute Gasteiger partial charge is 0.263 e. The third kappa shape index (κ3) is 3.86. The van der Waals surface area contributed by atoms with Crippen LogP contribution in [0.25, 0.3) is 21.3 Å². The van der Waals surface area contributed by atoms with Crippen LogP contribution in [0, 0.1) is 17.1 Å². The zero-order valence-corrected chi connectivity index (χ0v) is 18.1. The van der Waals surface area contributed by atoms with Crippen molar-refractivity contribution in [2.45, 2.75) is 19.9 Å². The number of amides is 1. The number of nitrogen functional groups attached to an aromatic ring is 2. The van der Waals surface area contributed by atoms with Crippen molar-refractivity contribution in [2.24, 2.45) is 0 Å². The van der Waals surface area contributed by atoms with Gasteiger partial charge in [-0.25, -0.2) is 9.37 Å². The number of aryl methyl sites for hydroxylation is 1. The van der Waals surface area contributed by atoms with Crippen molar-refractivity contribution in [1.29, 1.82) is 5.26 Å². The highest BCUT2D eigenvalue weighted by molar-refractivity contribution is 7.21. The number of carbonyl (C=O) groups is 1. The highest BCUT2D eigenvalue weighted by atomic mass is 32.1. The van der Waals surface area contributed by atoms with E-state index in [1.165, 1.54) is 12.1 Å². The predicted molar refractivity (Wildman–Crippen MR) is 126 cm³/mol. The molecule has 4 aromatic rings. The van der Waals surface area contributed by atoms with Gasteiger partial charge in [-0.15, -0.1) is 11.3 Å². The second-order valence-corrected chi connectivity index (χ2v) is 8.24. The molecule has 0 aliphatic carbocycles. The molecular formula is C24H20FN5OS. The highest BCUT2D eigenvalue weighted by Crippen LogP contribution is 2.42. The summed E-state index contributed by atoms with van der Waals surface area (Å²) in [5, 5.41) is 13.1. The molecule has 8 heteroatoms. The molecule has 2 aromatic heterocycles. The van der Waals surface area contributed by atoms with E-state index in [1.54, 1.807) is 12.1 Å². The molecule has 160 valence electrons. The molecule has 0 atom stereocenters. The molecule has 0 spiro atoms. The van der Waals surface area contributed by atoms with Crippen molar-refractivity contribution in [2.75, 3.05) is 11.5 Å². The van der Waals surface area contributed by atoms with Crippen LogP contribution in [-0.2, 0) is 13.0 Å². The van der Waals surface area contributed by atoms with Crippen molar-refractivity contribution in [1.82, 2.24) is 10.3 Å². The van der Waals surface area contributed by atoms with Crippen LogP contribution in [0.5, 0.6) is 0 Å². The van der Waals surface area contributed by atoms with Gasteiger partial charge in [0.15, 0.2) is 0 Å². The molecule has 0 fully saturated rings.